The second-order valence-corrected chi connectivity index (χ2v) is 4.90. The van der Waals surface area contributed by atoms with Gasteiger partial charge in [-0.15, -0.1) is 0 Å². The van der Waals surface area contributed by atoms with Crippen molar-refractivity contribution in [3.8, 4) is 11.5 Å². The van der Waals surface area contributed by atoms with E-state index in [9.17, 15) is 9.90 Å². The predicted octanol–water partition coefficient (Wildman–Crippen LogP) is 3.81. The fourth-order valence-electron chi connectivity index (χ4n) is 2.33. The van der Waals surface area contributed by atoms with Gasteiger partial charge in [0.25, 0.3) is 5.91 Å². The third-order valence-electron chi connectivity index (χ3n) is 3.45. The Balaban J connectivity index is 1.95. The number of carbonyl (C=O) groups excluding carboxylic acids is 1. The SMILES string of the molecule is COc1cccc(C(=O)Nc2cccc3ccc(O)cc23)c1. The molecule has 0 spiro atoms. The molecule has 0 aliphatic heterocycles. The third kappa shape index (κ3) is 2.72. The Morgan fingerprint density at radius 2 is 1.86 bits per heavy atom. The van der Waals surface area contributed by atoms with E-state index in [1.165, 1.54) is 0 Å². The highest BCUT2D eigenvalue weighted by molar-refractivity contribution is 6.09. The van der Waals surface area contributed by atoms with Crippen LogP contribution in [0.3, 0.4) is 0 Å². The first-order chi connectivity index (χ1) is 10.7. The molecular weight excluding hydrogens is 278 g/mol. The van der Waals surface area contributed by atoms with Gasteiger partial charge < -0.3 is 15.2 Å². The molecule has 0 radical (unpaired) electrons. The number of ether oxygens (including phenoxy) is 1. The summed E-state index contributed by atoms with van der Waals surface area (Å²) in [6.07, 6.45) is 0. The van der Waals surface area contributed by atoms with E-state index in [-0.39, 0.29) is 11.7 Å². The van der Waals surface area contributed by atoms with Gasteiger partial charge in [0, 0.05) is 16.6 Å². The van der Waals surface area contributed by atoms with Gasteiger partial charge in [-0.1, -0.05) is 24.3 Å². The standard InChI is InChI=1S/C18H15NO3/c1-22-15-6-2-5-13(10-15)18(21)19-17-7-3-4-12-8-9-14(20)11-16(12)17/h2-11,20H,1H3,(H,19,21). The molecule has 0 aromatic heterocycles. The molecule has 0 aliphatic rings. The highest BCUT2D eigenvalue weighted by Gasteiger charge is 2.09. The number of carbonyl (C=O) groups is 1. The first-order valence-corrected chi connectivity index (χ1v) is 6.84. The van der Waals surface area contributed by atoms with Crippen molar-refractivity contribution in [1.29, 1.82) is 0 Å². The zero-order valence-electron chi connectivity index (χ0n) is 12.0. The van der Waals surface area contributed by atoms with Gasteiger partial charge >= 0.3 is 0 Å². The van der Waals surface area contributed by atoms with E-state index >= 15 is 0 Å². The van der Waals surface area contributed by atoms with Crippen molar-refractivity contribution < 1.29 is 14.6 Å². The highest BCUT2D eigenvalue weighted by atomic mass is 16.5. The maximum absolute atomic E-state index is 12.4. The molecule has 0 heterocycles. The maximum atomic E-state index is 12.4. The van der Waals surface area contributed by atoms with Crippen LogP contribution in [0.15, 0.2) is 60.7 Å². The number of hydrogen-bond donors (Lipinski definition) is 2. The minimum atomic E-state index is -0.227. The summed E-state index contributed by atoms with van der Waals surface area (Å²) in [4.78, 5) is 12.4. The summed E-state index contributed by atoms with van der Waals surface area (Å²) >= 11 is 0. The summed E-state index contributed by atoms with van der Waals surface area (Å²) in [5.41, 5.74) is 1.16. The zero-order valence-corrected chi connectivity index (χ0v) is 12.0. The monoisotopic (exact) mass is 293 g/mol. The van der Waals surface area contributed by atoms with E-state index in [0.717, 1.165) is 10.8 Å². The summed E-state index contributed by atoms with van der Waals surface area (Å²) in [5.74, 6) is 0.563. The minimum Gasteiger partial charge on any atom is -0.508 e. The zero-order chi connectivity index (χ0) is 15.5. The molecule has 2 N–H and O–H groups in total. The number of hydrogen-bond acceptors (Lipinski definition) is 3. The number of amides is 1. The van der Waals surface area contributed by atoms with Gasteiger partial charge in [-0.25, -0.2) is 0 Å². The van der Waals surface area contributed by atoms with E-state index in [2.05, 4.69) is 5.32 Å². The number of methoxy groups -OCH3 is 1. The lowest BCUT2D eigenvalue weighted by atomic mass is 10.1. The summed E-state index contributed by atoms with van der Waals surface area (Å²) < 4.78 is 5.13. The molecule has 0 bridgehead atoms. The molecule has 3 aromatic carbocycles. The van der Waals surface area contributed by atoms with Crippen LogP contribution in [0, 0.1) is 0 Å². The lowest BCUT2D eigenvalue weighted by molar-refractivity contribution is 0.102. The van der Waals surface area contributed by atoms with Crippen LogP contribution in [-0.4, -0.2) is 18.1 Å². The molecule has 0 unspecified atom stereocenters. The van der Waals surface area contributed by atoms with Gasteiger partial charge in [0.2, 0.25) is 0 Å². The summed E-state index contributed by atoms with van der Waals surface area (Å²) in [7, 11) is 1.56. The van der Waals surface area contributed by atoms with Gasteiger partial charge in [-0.05, 0) is 41.8 Å². The van der Waals surface area contributed by atoms with Gasteiger partial charge in [0.05, 0.1) is 7.11 Å². The van der Waals surface area contributed by atoms with Crippen LogP contribution in [0.25, 0.3) is 10.8 Å². The Hall–Kier alpha value is -3.01. The Labute approximate surface area is 128 Å². The summed E-state index contributed by atoms with van der Waals surface area (Å²) in [5, 5.41) is 14.3. The molecule has 1 amide bonds. The lowest BCUT2D eigenvalue weighted by Gasteiger charge is -2.10. The molecule has 0 fully saturated rings. The fourth-order valence-corrected chi connectivity index (χ4v) is 2.33. The number of anilines is 1. The van der Waals surface area contributed by atoms with Crippen molar-refractivity contribution in [2.24, 2.45) is 0 Å². The van der Waals surface area contributed by atoms with Crippen LogP contribution in [0.1, 0.15) is 10.4 Å². The quantitative estimate of drug-likeness (QED) is 0.772. The van der Waals surface area contributed by atoms with Crippen LogP contribution in [0.5, 0.6) is 11.5 Å². The molecule has 0 atom stereocenters. The number of aromatic hydroxyl groups is 1. The molecule has 4 heteroatoms. The van der Waals surface area contributed by atoms with Gasteiger partial charge in [-0.2, -0.15) is 0 Å². The molecule has 22 heavy (non-hydrogen) atoms. The van der Waals surface area contributed by atoms with Gasteiger partial charge in [0.1, 0.15) is 11.5 Å². The Morgan fingerprint density at radius 3 is 2.68 bits per heavy atom. The van der Waals surface area contributed by atoms with Gasteiger partial charge in [-0.3, -0.25) is 4.79 Å². The van der Waals surface area contributed by atoms with Crippen LogP contribution < -0.4 is 10.1 Å². The summed E-state index contributed by atoms with van der Waals surface area (Å²) in [6, 6.07) is 17.6. The van der Waals surface area contributed by atoms with Crippen LogP contribution in [-0.2, 0) is 0 Å². The van der Waals surface area contributed by atoms with Crippen molar-refractivity contribution >= 4 is 22.4 Å². The maximum Gasteiger partial charge on any atom is 0.255 e. The molecule has 0 aliphatic carbocycles. The molecular formula is C18H15NO3. The van der Waals surface area contributed by atoms with Crippen molar-refractivity contribution in [2.45, 2.75) is 0 Å². The first-order valence-electron chi connectivity index (χ1n) is 6.84. The van der Waals surface area contributed by atoms with Crippen LogP contribution >= 0.6 is 0 Å². The van der Waals surface area contributed by atoms with Crippen molar-refractivity contribution in [3.05, 3.63) is 66.2 Å². The second kappa shape index (κ2) is 5.77. The average molecular weight is 293 g/mol. The summed E-state index contributed by atoms with van der Waals surface area (Å²) in [6.45, 7) is 0. The van der Waals surface area contributed by atoms with E-state index in [1.807, 2.05) is 18.2 Å². The second-order valence-electron chi connectivity index (χ2n) is 4.90. The molecule has 110 valence electrons. The van der Waals surface area contributed by atoms with Crippen molar-refractivity contribution in [1.82, 2.24) is 0 Å². The number of benzene rings is 3. The highest BCUT2D eigenvalue weighted by Crippen LogP contribution is 2.27. The molecule has 0 saturated heterocycles. The van der Waals surface area contributed by atoms with E-state index < -0.39 is 0 Å². The minimum absolute atomic E-state index is 0.163. The van der Waals surface area contributed by atoms with E-state index in [4.69, 9.17) is 4.74 Å². The molecule has 3 aromatic rings. The smallest absolute Gasteiger partial charge is 0.255 e. The lowest BCUT2D eigenvalue weighted by Crippen LogP contribution is -2.12. The molecule has 3 rings (SSSR count). The molecule has 0 saturated carbocycles. The Kier molecular flexibility index (Phi) is 3.66. The largest absolute Gasteiger partial charge is 0.508 e. The molecule has 4 nitrogen and oxygen atoms in total. The Bertz CT molecular complexity index is 843. The topological polar surface area (TPSA) is 58.6 Å². The number of fused-ring (bicyclic) bond motifs is 1. The fraction of sp³-hybridized carbons (Fsp3) is 0.0556. The van der Waals surface area contributed by atoms with Crippen molar-refractivity contribution in [3.63, 3.8) is 0 Å². The number of phenols is 1. The van der Waals surface area contributed by atoms with Crippen LogP contribution in [0.2, 0.25) is 0 Å². The Morgan fingerprint density at radius 1 is 1.05 bits per heavy atom. The number of rotatable bonds is 3. The van der Waals surface area contributed by atoms with E-state index in [0.29, 0.717) is 17.0 Å². The third-order valence-corrected chi connectivity index (χ3v) is 3.45. The van der Waals surface area contributed by atoms with Gasteiger partial charge in [0.15, 0.2) is 0 Å². The number of nitrogens with one attached hydrogen (secondary N) is 1. The first kappa shape index (κ1) is 13.9. The predicted molar refractivity (Wildman–Crippen MR) is 86.6 cm³/mol. The number of phenolic OH excluding ortho intramolecular Hbond substituents is 1. The average Bonchev–Trinajstić information content (AvgIpc) is 2.55. The van der Waals surface area contributed by atoms with Crippen LogP contribution in [0.4, 0.5) is 5.69 Å². The van der Waals surface area contributed by atoms with E-state index in [1.54, 1.807) is 49.6 Å². The van der Waals surface area contributed by atoms with Crippen molar-refractivity contribution in [2.75, 3.05) is 12.4 Å². The normalized spacial score (nSPS) is 10.4.